The zero-order chi connectivity index (χ0) is 16.6. The molecular weight excluding hydrogens is 331 g/mol. The molecule has 3 nitrogen and oxygen atoms in total. The van der Waals surface area contributed by atoms with E-state index in [-0.39, 0.29) is 0 Å². The van der Waals surface area contributed by atoms with Crippen molar-refractivity contribution in [3.63, 3.8) is 0 Å². The second kappa shape index (κ2) is 6.70. The number of aromatic nitrogens is 1. The number of rotatable bonds is 5. The van der Waals surface area contributed by atoms with Gasteiger partial charge in [0.25, 0.3) is 0 Å². The standard InChI is InChI=1S/C18H20Cl2N2O/c1-11(2)21-9-14(23)10-22-17-5-3-12(19)7-15(17)16-8-13(20)4-6-18(16)22/h3-8,11,14,21,23H,9-10H2,1-2H3/t14-/m0/s1. The molecule has 23 heavy (non-hydrogen) atoms. The Hall–Kier alpha value is -1.26. The van der Waals surface area contributed by atoms with Crippen molar-refractivity contribution in [3.8, 4) is 0 Å². The van der Waals surface area contributed by atoms with Crippen LogP contribution >= 0.6 is 23.2 Å². The fourth-order valence-electron chi connectivity index (χ4n) is 2.89. The van der Waals surface area contributed by atoms with Crippen molar-refractivity contribution >= 4 is 45.0 Å². The first kappa shape index (κ1) is 16.6. The molecule has 0 fully saturated rings. The first-order valence-corrected chi connectivity index (χ1v) is 8.50. The number of aliphatic hydroxyl groups excluding tert-OH is 1. The maximum atomic E-state index is 10.4. The van der Waals surface area contributed by atoms with Gasteiger partial charge >= 0.3 is 0 Å². The number of nitrogens with one attached hydrogen (secondary N) is 1. The fraction of sp³-hybridized carbons (Fsp3) is 0.333. The number of hydrogen-bond donors (Lipinski definition) is 2. The summed E-state index contributed by atoms with van der Waals surface area (Å²) in [6.07, 6.45) is -0.470. The molecule has 3 rings (SSSR count). The molecule has 1 heterocycles. The Morgan fingerprint density at radius 2 is 1.52 bits per heavy atom. The Bertz CT molecular complexity index is 783. The van der Waals surface area contributed by atoms with Crippen molar-refractivity contribution < 1.29 is 5.11 Å². The first-order valence-electron chi connectivity index (χ1n) is 7.74. The molecule has 0 aliphatic carbocycles. The van der Waals surface area contributed by atoms with Crippen LogP contribution in [-0.2, 0) is 6.54 Å². The molecule has 0 unspecified atom stereocenters. The molecule has 122 valence electrons. The number of hydrogen-bond acceptors (Lipinski definition) is 2. The third-order valence-electron chi connectivity index (χ3n) is 3.94. The van der Waals surface area contributed by atoms with Gasteiger partial charge in [-0.25, -0.2) is 0 Å². The highest BCUT2D eigenvalue weighted by Gasteiger charge is 2.14. The lowest BCUT2D eigenvalue weighted by Crippen LogP contribution is -2.34. The van der Waals surface area contributed by atoms with Crippen LogP contribution in [0.2, 0.25) is 10.0 Å². The lowest BCUT2D eigenvalue weighted by Gasteiger charge is -2.16. The van der Waals surface area contributed by atoms with E-state index in [4.69, 9.17) is 23.2 Å². The van der Waals surface area contributed by atoms with Crippen molar-refractivity contribution in [1.82, 2.24) is 9.88 Å². The minimum absolute atomic E-state index is 0.348. The number of fused-ring (bicyclic) bond motifs is 3. The van der Waals surface area contributed by atoms with Gasteiger partial charge in [-0.15, -0.1) is 0 Å². The Morgan fingerprint density at radius 3 is 2.00 bits per heavy atom. The predicted molar refractivity (Wildman–Crippen MR) is 98.6 cm³/mol. The van der Waals surface area contributed by atoms with Crippen LogP contribution in [-0.4, -0.2) is 28.4 Å². The summed E-state index contributed by atoms with van der Waals surface area (Å²) in [5.74, 6) is 0. The molecule has 2 aromatic carbocycles. The van der Waals surface area contributed by atoms with Crippen LogP contribution in [0.15, 0.2) is 36.4 Å². The van der Waals surface area contributed by atoms with Gasteiger partial charge in [0.2, 0.25) is 0 Å². The van der Waals surface area contributed by atoms with E-state index in [2.05, 4.69) is 23.7 Å². The lowest BCUT2D eigenvalue weighted by molar-refractivity contribution is 0.151. The molecule has 5 heteroatoms. The van der Waals surface area contributed by atoms with Gasteiger partial charge in [0.15, 0.2) is 0 Å². The summed E-state index contributed by atoms with van der Waals surface area (Å²) < 4.78 is 2.13. The number of halogens is 2. The molecule has 2 N–H and O–H groups in total. The van der Waals surface area contributed by atoms with E-state index in [1.807, 2.05) is 36.4 Å². The summed E-state index contributed by atoms with van der Waals surface area (Å²) in [4.78, 5) is 0. The summed E-state index contributed by atoms with van der Waals surface area (Å²) in [6.45, 7) is 5.21. The highest BCUT2D eigenvalue weighted by Crippen LogP contribution is 2.32. The number of aliphatic hydroxyl groups is 1. The van der Waals surface area contributed by atoms with Crippen LogP contribution in [0.25, 0.3) is 21.8 Å². The summed E-state index contributed by atoms with van der Waals surface area (Å²) in [6, 6.07) is 12.0. The zero-order valence-electron chi connectivity index (χ0n) is 13.2. The largest absolute Gasteiger partial charge is 0.390 e. The van der Waals surface area contributed by atoms with E-state index >= 15 is 0 Å². The molecule has 0 bridgehead atoms. The average molecular weight is 351 g/mol. The Morgan fingerprint density at radius 1 is 1.00 bits per heavy atom. The number of benzene rings is 2. The molecule has 1 aromatic heterocycles. The predicted octanol–water partition coefficient (Wildman–Crippen LogP) is 4.46. The van der Waals surface area contributed by atoms with Gasteiger partial charge in [-0.1, -0.05) is 37.0 Å². The Labute approximate surface area is 145 Å². The van der Waals surface area contributed by atoms with Crippen molar-refractivity contribution in [1.29, 1.82) is 0 Å². The fourth-order valence-corrected chi connectivity index (χ4v) is 3.24. The highest BCUT2D eigenvalue weighted by atomic mass is 35.5. The van der Waals surface area contributed by atoms with Gasteiger partial charge in [0, 0.05) is 44.4 Å². The maximum Gasteiger partial charge on any atom is 0.0843 e. The van der Waals surface area contributed by atoms with Crippen LogP contribution in [0.4, 0.5) is 0 Å². The molecule has 0 spiro atoms. The maximum absolute atomic E-state index is 10.4. The van der Waals surface area contributed by atoms with Crippen molar-refractivity contribution in [2.24, 2.45) is 0 Å². The molecule has 0 saturated carbocycles. The monoisotopic (exact) mass is 350 g/mol. The van der Waals surface area contributed by atoms with Gasteiger partial charge in [-0.3, -0.25) is 0 Å². The second-order valence-corrected chi connectivity index (χ2v) is 7.02. The average Bonchev–Trinajstić information content (AvgIpc) is 2.78. The van der Waals surface area contributed by atoms with Gasteiger partial charge in [0.1, 0.15) is 0 Å². The van der Waals surface area contributed by atoms with E-state index in [1.165, 1.54) is 0 Å². The summed E-state index contributed by atoms with van der Waals surface area (Å²) in [5, 5.41) is 17.1. The lowest BCUT2D eigenvalue weighted by atomic mass is 10.1. The smallest absolute Gasteiger partial charge is 0.0843 e. The third-order valence-corrected chi connectivity index (χ3v) is 4.41. The summed E-state index contributed by atoms with van der Waals surface area (Å²) in [5.41, 5.74) is 2.10. The van der Waals surface area contributed by atoms with Crippen LogP contribution in [0.3, 0.4) is 0 Å². The van der Waals surface area contributed by atoms with Gasteiger partial charge in [0.05, 0.1) is 12.6 Å². The Kier molecular flexibility index (Phi) is 4.83. The summed E-state index contributed by atoms with van der Waals surface area (Å²) in [7, 11) is 0. The van der Waals surface area contributed by atoms with E-state index in [9.17, 15) is 5.11 Å². The minimum Gasteiger partial charge on any atom is -0.390 e. The van der Waals surface area contributed by atoms with Crippen LogP contribution < -0.4 is 5.32 Å². The molecule has 0 aliphatic rings. The van der Waals surface area contributed by atoms with Gasteiger partial charge in [-0.2, -0.15) is 0 Å². The van der Waals surface area contributed by atoms with Crippen molar-refractivity contribution in [3.05, 3.63) is 46.4 Å². The van der Waals surface area contributed by atoms with Gasteiger partial charge < -0.3 is 15.0 Å². The van der Waals surface area contributed by atoms with Gasteiger partial charge in [-0.05, 0) is 36.4 Å². The van der Waals surface area contributed by atoms with Crippen LogP contribution in [0.5, 0.6) is 0 Å². The molecule has 0 amide bonds. The zero-order valence-corrected chi connectivity index (χ0v) is 14.7. The molecular formula is C18H20Cl2N2O. The molecule has 3 aromatic rings. The second-order valence-electron chi connectivity index (χ2n) is 6.15. The quantitative estimate of drug-likeness (QED) is 0.712. The molecule has 0 aliphatic heterocycles. The van der Waals surface area contributed by atoms with E-state index in [0.717, 1.165) is 21.8 Å². The van der Waals surface area contributed by atoms with Crippen molar-refractivity contribution in [2.45, 2.75) is 32.5 Å². The Balaban J connectivity index is 2.07. The molecule has 1 atom stereocenters. The van der Waals surface area contributed by atoms with E-state index < -0.39 is 6.10 Å². The van der Waals surface area contributed by atoms with E-state index in [1.54, 1.807) is 0 Å². The SMILES string of the molecule is CC(C)NC[C@H](O)Cn1c2ccc(Cl)cc2c2cc(Cl)ccc21. The van der Waals surface area contributed by atoms with E-state index in [0.29, 0.717) is 29.2 Å². The van der Waals surface area contributed by atoms with Crippen LogP contribution in [0, 0.1) is 0 Å². The third kappa shape index (κ3) is 3.48. The summed E-state index contributed by atoms with van der Waals surface area (Å²) >= 11 is 12.3. The molecule has 0 saturated heterocycles. The van der Waals surface area contributed by atoms with Crippen LogP contribution in [0.1, 0.15) is 13.8 Å². The molecule has 0 radical (unpaired) electrons. The normalized spacial score (nSPS) is 13.3. The highest BCUT2D eigenvalue weighted by molar-refractivity contribution is 6.33. The first-order chi connectivity index (χ1) is 11.0. The topological polar surface area (TPSA) is 37.2 Å². The minimum atomic E-state index is -0.470. The van der Waals surface area contributed by atoms with Crippen molar-refractivity contribution in [2.75, 3.05) is 6.54 Å². The number of nitrogens with zero attached hydrogens (tertiary/aromatic N) is 1.